The van der Waals surface area contributed by atoms with Gasteiger partial charge in [0.2, 0.25) is 0 Å². The van der Waals surface area contributed by atoms with Crippen molar-refractivity contribution in [3.63, 3.8) is 0 Å². The first-order chi connectivity index (χ1) is 6.85. The molecule has 0 heterocycles. The minimum atomic E-state index is -4.92. The fraction of sp³-hybridized carbons (Fsp3) is 0.222. The average molecular weight is 222 g/mol. The number of rotatable bonds is 2. The van der Waals surface area contributed by atoms with Crippen molar-refractivity contribution in [3.05, 3.63) is 24.3 Å². The quantitative estimate of drug-likeness (QED) is 0.793. The van der Waals surface area contributed by atoms with Crippen LogP contribution in [-0.4, -0.2) is 23.4 Å². The van der Waals surface area contributed by atoms with Crippen LogP contribution in [0.5, 0.6) is 0 Å². The number of hydrogen-bond acceptors (Lipinski definition) is 1. The molecular formula is C9H6F4O2. The summed E-state index contributed by atoms with van der Waals surface area (Å²) < 4.78 is 44.5. The molecule has 6 heteroatoms. The van der Waals surface area contributed by atoms with Crippen molar-refractivity contribution < 1.29 is 27.5 Å². The first-order valence-electron chi connectivity index (χ1n) is 3.85. The molecule has 1 N–H and O–H groups in total. The van der Waals surface area contributed by atoms with Crippen LogP contribution < -0.4 is 0 Å². The van der Waals surface area contributed by atoms with Gasteiger partial charge in [-0.25, -0.2) is 13.6 Å². The third-order valence-electron chi connectivity index (χ3n) is 1.78. The van der Waals surface area contributed by atoms with Gasteiger partial charge in [0.25, 0.3) is 0 Å². The van der Waals surface area contributed by atoms with Crippen LogP contribution in [0.15, 0.2) is 24.3 Å². The molecule has 0 aromatic carbocycles. The minimum Gasteiger partial charge on any atom is -0.477 e. The van der Waals surface area contributed by atoms with E-state index in [0.29, 0.717) is 0 Å². The Balaban J connectivity index is 0.000000158. The molecule has 0 spiro atoms. The molecule has 2 aliphatic carbocycles. The largest absolute Gasteiger partial charge is 0.477 e. The predicted octanol–water partition coefficient (Wildman–Crippen LogP) is 2.64. The molecule has 0 bridgehead atoms. The van der Waals surface area contributed by atoms with Gasteiger partial charge in [-0.1, -0.05) is 24.3 Å². The number of alkyl halides is 4. The van der Waals surface area contributed by atoms with Crippen LogP contribution in [0.4, 0.5) is 17.6 Å². The summed E-state index contributed by atoms with van der Waals surface area (Å²) in [6.45, 7) is 0. The highest BCUT2D eigenvalue weighted by Gasteiger charge is 2.49. The molecule has 82 valence electrons. The maximum atomic E-state index is 11.3. The molecule has 0 aliphatic heterocycles. The fourth-order valence-electron chi connectivity index (χ4n) is 0.756. The van der Waals surface area contributed by atoms with Gasteiger partial charge in [-0.15, -0.1) is 0 Å². The molecule has 2 rings (SSSR count). The van der Waals surface area contributed by atoms with Gasteiger partial charge < -0.3 is 5.11 Å². The zero-order valence-electron chi connectivity index (χ0n) is 7.25. The summed E-state index contributed by atoms with van der Waals surface area (Å²) >= 11 is 0. The van der Waals surface area contributed by atoms with Gasteiger partial charge in [0.1, 0.15) is 0 Å². The van der Waals surface area contributed by atoms with E-state index in [4.69, 9.17) is 5.11 Å². The van der Waals surface area contributed by atoms with Crippen molar-refractivity contribution >= 4 is 5.97 Å². The highest BCUT2D eigenvalue weighted by molar-refractivity contribution is 5.76. The predicted molar refractivity (Wildman–Crippen MR) is 44.0 cm³/mol. The third-order valence-corrected chi connectivity index (χ3v) is 1.78. The molecule has 0 aromatic rings. The Morgan fingerprint density at radius 3 is 1.47 bits per heavy atom. The van der Waals surface area contributed by atoms with Crippen molar-refractivity contribution in [1.29, 1.82) is 0 Å². The maximum Gasteiger partial charge on any atom is 0.401 e. The van der Waals surface area contributed by atoms with E-state index in [1.54, 1.807) is 0 Å². The average Bonchev–Trinajstić information content (AvgIpc) is 2.11. The number of aliphatic carboxylic acids is 1. The number of fused-ring (bicyclic) bond motifs is 1. The van der Waals surface area contributed by atoms with Crippen LogP contribution in [0.2, 0.25) is 0 Å². The first kappa shape index (κ1) is 11.5. The number of carboxylic acids is 1. The molecule has 0 saturated heterocycles. The molecule has 0 amide bonds. The van der Waals surface area contributed by atoms with Gasteiger partial charge >= 0.3 is 18.3 Å². The van der Waals surface area contributed by atoms with Crippen LogP contribution in [0.25, 0.3) is 11.1 Å². The standard InChI is InChI=1S/C6H4.C3H2F4O2/c1-2-6-4-3-5(1)6;4-1(5)3(6,7)2(8)9/h1-4H;1H,(H,8,9). The van der Waals surface area contributed by atoms with E-state index in [-0.39, 0.29) is 0 Å². The Hall–Kier alpha value is -1.59. The second kappa shape index (κ2) is 3.88. The summed E-state index contributed by atoms with van der Waals surface area (Å²) in [4.78, 5) is 9.23. The normalized spacial score (nSPS) is 11.8. The molecule has 0 fully saturated rings. The lowest BCUT2D eigenvalue weighted by atomic mass is 9.95. The topological polar surface area (TPSA) is 37.3 Å². The number of hydrogen-bond donors (Lipinski definition) is 1. The minimum absolute atomic E-state index is 1.43. The van der Waals surface area contributed by atoms with E-state index >= 15 is 0 Å². The lowest BCUT2D eigenvalue weighted by molar-refractivity contribution is -0.187. The molecule has 0 unspecified atom stereocenters. The SMILES string of the molecule is O=C(O)C(F)(F)C(F)F.c1cc2ccc1-2. The van der Waals surface area contributed by atoms with Gasteiger partial charge in [0, 0.05) is 0 Å². The highest BCUT2D eigenvalue weighted by atomic mass is 19.3. The lowest BCUT2D eigenvalue weighted by Crippen LogP contribution is -2.35. The van der Waals surface area contributed by atoms with Gasteiger partial charge in [0.05, 0.1) is 0 Å². The molecule has 0 atom stereocenters. The van der Waals surface area contributed by atoms with Crippen LogP contribution >= 0.6 is 0 Å². The van der Waals surface area contributed by atoms with E-state index in [2.05, 4.69) is 24.3 Å². The Labute approximate surface area is 82.1 Å². The van der Waals surface area contributed by atoms with Crippen LogP contribution in [0.1, 0.15) is 0 Å². The summed E-state index contributed by atoms with van der Waals surface area (Å²) in [7, 11) is 0. The van der Waals surface area contributed by atoms with Crippen LogP contribution in [0.3, 0.4) is 0 Å². The van der Waals surface area contributed by atoms with Gasteiger partial charge in [-0.2, -0.15) is 8.78 Å². The van der Waals surface area contributed by atoms with Crippen LogP contribution in [0, 0.1) is 0 Å². The Morgan fingerprint density at radius 1 is 1.13 bits per heavy atom. The molecule has 2 nitrogen and oxygen atoms in total. The summed E-state index contributed by atoms with van der Waals surface area (Å²) in [6.07, 6.45) is -4.14. The Bertz CT molecular complexity index is 338. The zero-order valence-corrected chi connectivity index (χ0v) is 7.25. The van der Waals surface area contributed by atoms with Crippen molar-refractivity contribution in [3.8, 4) is 11.1 Å². The lowest BCUT2D eigenvalue weighted by Gasteiger charge is -2.10. The summed E-state index contributed by atoms with van der Waals surface area (Å²) in [5.41, 5.74) is 2.85. The van der Waals surface area contributed by atoms with Crippen molar-refractivity contribution in [2.24, 2.45) is 0 Å². The summed E-state index contributed by atoms with van der Waals surface area (Å²) in [6, 6.07) is 8.48. The Morgan fingerprint density at radius 2 is 1.47 bits per heavy atom. The van der Waals surface area contributed by atoms with Crippen LogP contribution in [-0.2, 0) is 4.79 Å². The summed E-state index contributed by atoms with van der Waals surface area (Å²) in [5.74, 6) is -7.72. The zero-order chi connectivity index (χ0) is 11.6. The molecule has 0 radical (unpaired) electrons. The van der Waals surface area contributed by atoms with Crippen molar-refractivity contribution in [2.75, 3.05) is 0 Å². The number of benzene rings is 1. The molecule has 0 saturated carbocycles. The van der Waals surface area contributed by atoms with Crippen molar-refractivity contribution in [2.45, 2.75) is 12.3 Å². The van der Waals surface area contributed by atoms with Gasteiger partial charge in [-0.05, 0) is 11.1 Å². The second-order valence-electron chi connectivity index (χ2n) is 2.81. The van der Waals surface area contributed by atoms with E-state index in [0.717, 1.165) is 0 Å². The fourth-order valence-corrected chi connectivity index (χ4v) is 0.756. The molecule has 0 aromatic heterocycles. The highest BCUT2D eigenvalue weighted by Crippen LogP contribution is 2.29. The number of carbonyl (C=O) groups is 1. The van der Waals surface area contributed by atoms with Gasteiger partial charge in [-0.3, -0.25) is 0 Å². The third kappa shape index (κ3) is 2.26. The monoisotopic (exact) mass is 222 g/mol. The second-order valence-corrected chi connectivity index (χ2v) is 2.81. The number of carboxylic acid groups (broad SMARTS) is 1. The maximum absolute atomic E-state index is 11.3. The van der Waals surface area contributed by atoms with E-state index in [9.17, 15) is 22.4 Å². The first-order valence-corrected chi connectivity index (χ1v) is 3.85. The van der Waals surface area contributed by atoms with E-state index < -0.39 is 18.3 Å². The Kier molecular flexibility index (Phi) is 2.97. The number of halogens is 4. The molecular weight excluding hydrogens is 216 g/mol. The smallest absolute Gasteiger partial charge is 0.401 e. The molecule has 15 heavy (non-hydrogen) atoms. The van der Waals surface area contributed by atoms with E-state index in [1.807, 2.05) is 0 Å². The molecule has 2 aliphatic rings. The van der Waals surface area contributed by atoms with Gasteiger partial charge in [0.15, 0.2) is 0 Å². The van der Waals surface area contributed by atoms with Crippen molar-refractivity contribution in [1.82, 2.24) is 0 Å². The van der Waals surface area contributed by atoms with E-state index in [1.165, 1.54) is 11.1 Å². The summed E-state index contributed by atoms with van der Waals surface area (Å²) in [5, 5.41) is 7.38.